The lowest BCUT2D eigenvalue weighted by atomic mass is 10.4. The predicted molar refractivity (Wildman–Crippen MR) is 63.5 cm³/mol. The summed E-state index contributed by atoms with van der Waals surface area (Å²) in [5, 5.41) is 10.9. The van der Waals surface area contributed by atoms with Crippen molar-refractivity contribution in [3.05, 3.63) is 62.0 Å². The number of hydrogen-bond donors (Lipinski definition) is 0. The lowest BCUT2D eigenvalue weighted by molar-refractivity contribution is -0.386. The monoisotopic (exact) mass is 266 g/mol. The van der Waals surface area contributed by atoms with E-state index in [9.17, 15) is 14.9 Å². The van der Waals surface area contributed by atoms with Crippen LogP contribution in [0.15, 0.2) is 35.5 Å². The minimum absolute atomic E-state index is 0.102. The first-order chi connectivity index (χ1) is 8.58. The molecule has 0 radical (unpaired) electrons. The van der Waals surface area contributed by atoms with Gasteiger partial charge in [0.1, 0.15) is 5.15 Å². The van der Waals surface area contributed by atoms with Crippen molar-refractivity contribution in [3.8, 4) is 0 Å². The highest BCUT2D eigenvalue weighted by Gasteiger charge is 2.13. The van der Waals surface area contributed by atoms with Gasteiger partial charge in [-0.05, 0) is 6.07 Å². The van der Waals surface area contributed by atoms with Gasteiger partial charge in [0.15, 0.2) is 0 Å². The summed E-state index contributed by atoms with van der Waals surface area (Å²) in [5.74, 6) is 0. The molecule has 0 saturated heterocycles. The fourth-order valence-corrected chi connectivity index (χ4v) is 1.48. The summed E-state index contributed by atoms with van der Waals surface area (Å²) in [7, 11) is 0. The molecule has 0 aromatic carbocycles. The molecule has 0 aliphatic heterocycles. The van der Waals surface area contributed by atoms with Gasteiger partial charge in [-0.3, -0.25) is 19.9 Å². The molecule has 2 heterocycles. The summed E-state index contributed by atoms with van der Waals surface area (Å²) in [6.07, 6.45) is 4.21. The molecule has 0 N–H and O–H groups in total. The van der Waals surface area contributed by atoms with Gasteiger partial charge < -0.3 is 4.57 Å². The highest BCUT2D eigenvalue weighted by molar-refractivity contribution is 6.29. The van der Waals surface area contributed by atoms with Gasteiger partial charge in [0.05, 0.1) is 29.6 Å². The van der Waals surface area contributed by atoms with Crippen LogP contribution in [0.4, 0.5) is 5.69 Å². The normalized spacial score (nSPS) is 10.3. The van der Waals surface area contributed by atoms with E-state index in [1.165, 1.54) is 29.2 Å². The van der Waals surface area contributed by atoms with Crippen molar-refractivity contribution in [1.29, 1.82) is 0 Å². The number of aromatic nitrogens is 3. The van der Waals surface area contributed by atoms with Crippen LogP contribution in [0.5, 0.6) is 0 Å². The third-order valence-corrected chi connectivity index (χ3v) is 2.40. The van der Waals surface area contributed by atoms with Crippen LogP contribution in [0.2, 0.25) is 5.15 Å². The number of nitro groups is 1. The number of rotatable bonds is 3. The van der Waals surface area contributed by atoms with Gasteiger partial charge in [-0.15, -0.1) is 0 Å². The van der Waals surface area contributed by atoms with E-state index < -0.39 is 16.2 Å². The van der Waals surface area contributed by atoms with Crippen LogP contribution in [0.3, 0.4) is 0 Å². The average Bonchev–Trinajstić information content (AvgIpc) is 2.34. The predicted octanol–water partition coefficient (Wildman–Crippen LogP) is 1.25. The Morgan fingerprint density at radius 1 is 1.39 bits per heavy atom. The van der Waals surface area contributed by atoms with Crippen LogP contribution in [0.25, 0.3) is 0 Å². The molecule has 0 amide bonds. The van der Waals surface area contributed by atoms with Crippen molar-refractivity contribution in [2.45, 2.75) is 6.54 Å². The van der Waals surface area contributed by atoms with Crippen molar-refractivity contribution >= 4 is 17.3 Å². The number of halogens is 1. The van der Waals surface area contributed by atoms with Crippen molar-refractivity contribution in [3.63, 3.8) is 0 Å². The van der Waals surface area contributed by atoms with Gasteiger partial charge in [0.25, 0.3) is 0 Å². The fraction of sp³-hybridized carbons (Fsp3) is 0.100. The van der Waals surface area contributed by atoms with Gasteiger partial charge in [0, 0.05) is 12.3 Å². The first-order valence-corrected chi connectivity index (χ1v) is 5.26. The lowest BCUT2D eigenvalue weighted by Crippen LogP contribution is -2.22. The van der Waals surface area contributed by atoms with E-state index in [2.05, 4.69) is 9.97 Å². The zero-order valence-corrected chi connectivity index (χ0v) is 9.74. The van der Waals surface area contributed by atoms with Gasteiger partial charge in [-0.25, -0.2) is 4.98 Å². The molecule has 0 saturated carbocycles. The Morgan fingerprint density at radius 3 is 2.78 bits per heavy atom. The largest absolute Gasteiger partial charge is 0.334 e. The Labute approximate surface area is 106 Å². The molecule has 92 valence electrons. The molecule has 0 spiro atoms. The molecule has 0 aliphatic carbocycles. The quantitative estimate of drug-likeness (QED) is 0.616. The first-order valence-electron chi connectivity index (χ1n) is 4.88. The SMILES string of the molecule is O=c1c([N+](=O)[O-])cccn1Cc1cnc(Cl)cn1. The molecule has 0 bridgehead atoms. The average molecular weight is 267 g/mol. The fourth-order valence-electron chi connectivity index (χ4n) is 1.38. The van der Waals surface area contributed by atoms with Crippen LogP contribution in [0, 0.1) is 10.1 Å². The van der Waals surface area contributed by atoms with E-state index in [4.69, 9.17) is 11.6 Å². The van der Waals surface area contributed by atoms with Crippen LogP contribution >= 0.6 is 11.6 Å². The number of pyridine rings is 1. The van der Waals surface area contributed by atoms with Crippen molar-refractivity contribution < 1.29 is 4.92 Å². The number of hydrogen-bond acceptors (Lipinski definition) is 5. The molecular formula is C10H7ClN4O3. The zero-order chi connectivity index (χ0) is 13.1. The van der Waals surface area contributed by atoms with Crippen LogP contribution in [0.1, 0.15) is 5.69 Å². The minimum Gasteiger partial charge on any atom is -0.304 e. The van der Waals surface area contributed by atoms with E-state index in [1.54, 1.807) is 0 Å². The Kier molecular flexibility index (Phi) is 3.33. The zero-order valence-electron chi connectivity index (χ0n) is 8.99. The van der Waals surface area contributed by atoms with Crippen molar-refractivity contribution in [1.82, 2.24) is 14.5 Å². The van der Waals surface area contributed by atoms with E-state index in [-0.39, 0.29) is 11.7 Å². The summed E-state index contributed by atoms with van der Waals surface area (Å²) in [6, 6.07) is 2.59. The smallest absolute Gasteiger partial charge is 0.304 e. The standard InChI is InChI=1S/C10H7ClN4O3/c11-9-5-12-7(4-13-9)6-14-3-1-2-8(10(14)16)15(17)18/h1-5H,6H2. The van der Waals surface area contributed by atoms with Crippen molar-refractivity contribution in [2.75, 3.05) is 0 Å². The third kappa shape index (κ3) is 2.51. The Bertz CT molecular complexity index is 638. The molecule has 2 rings (SSSR count). The molecular weight excluding hydrogens is 260 g/mol. The summed E-state index contributed by atoms with van der Waals surface area (Å²) < 4.78 is 1.19. The molecule has 2 aromatic heterocycles. The highest BCUT2D eigenvalue weighted by atomic mass is 35.5. The maximum absolute atomic E-state index is 11.7. The molecule has 7 nitrogen and oxygen atoms in total. The van der Waals surface area contributed by atoms with Gasteiger partial charge in [0.2, 0.25) is 0 Å². The van der Waals surface area contributed by atoms with Gasteiger partial charge in [-0.1, -0.05) is 11.6 Å². The third-order valence-electron chi connectivity index (χ3n) is 2.20. The second-order valence-electron chi connectivity index (χ2n) is 3.41. The van der Waals surface area contributed by atoms with Crippen LogP contribution in [-0.2, 0) is 6.54 Å². The van der Waals surface area contributed by atoms with E-state index >= 15 is 0 Å². The molecule has 0 aliphatic rings. The number of nitrogens with zero attached hydrogens (tertiary/aromatic N) is 4. The highest BCUT2D eigenvalue weighted by Crippen LogP contribution is 2.05. The summed E-state index contributed by atoms with van der Waals surface area (Å²) in [4.78, 5) is 29.4. The van der Waals surface area contributed by atoms with Gasteiger partial charge in [-0.2, -0.15) is 0 Å². The minimum atomic E-state index is -0.716. The van der Waals surface area contributed by atoms with E-state index in [0.717, 1.165) is 6.07 Å². The Hall–Kier alpha value is -2.28. The van der Waals surface area contributed by atoms with E-state index in [0.29, 0.717) is 5.69 Å². The van der Waals surface area contributed by atoms with Gasteiger partial charge >= 0.3 is 11.2 Å². The summed E-state index contributed by atoms with van der Waals surface area (Å²) in [5.41, 5.74) is -0.666. The second kappa shape index (κ2) is 4.92. The molecule has 18 heavy (non-hydrogen) atoms. The molecule has 0 unspecified atom stereocenters. The molecule has 0 fully saturated rings. The Balaban J connectivity index is 2.35. The maximum Gasteiger partial charge on any atom is 0.334 e. The second-order valence-corrected chi connectivity index (χ2v) is 3.80. The topological polar surface area (TPSA) is 90.9 Å². The first kappa shape index (κ1) is 12.2. The lowest BCUT2D eigenvalue weighted by Gasteiger charge is -2.04. The van der Waals surface area contributed by atoms with Crippen molar-refractivity contribution in [2.24, 2.45) is 0 Å². The Morgan fingerprint density at radius 2 is 2.17 bits per heavy atom. The maximum atomic E-state index is 11.7. The van der Waals surface area contributed by atoms with Crippen LogP contribution in [-0.4, -0.2) is 19.5 Å². The van der Waals surface area contributed by atoms with Crippen LogP contribution < -0.4 is 5.56 Å². The summed E-state index contributed by atoms with van der Waals surface area (Å²) in [6.45, 7) is 0.102. The molecule has 0 atom stereocenters. The van der Waals surface area contributed by atoms with E-state index in [1.807, 2.05) is 0 Å². The summed E-state index contributed by atoms with van der Waals surface area (Å²) >= 11 is 5.58. The molecule has 2 aromatic rings. The molecule has 8 heteroatoms.